The molecule has 0 saturated heterocycles. The number of nitro benzene ring substituents is 2. The highest BCUT2D eigenvalue weighted by atomic mass is 16.6. The van der Waals surface area contributed by atoms with Crippen LogP contribution in [-0.2, 0) is 0 Å². The maximum absolute atomic E-state index is 11.2. The molecule has 3 aromatic rings. The van der Waals surface area contributed by atoms with E-state index in [1.165, 1.54) is 18.3 Å². The van der Waals surface area contributed by atoms with Crippen LogP contribution in [0.3, 0.4) is 0 Å². The quantitative estimate of drug-likeness (QED) is 0.316. The molecule has 11 heteroatoms. The molecule has 164 valence electrons. The first kappa shape index (κ1) is 22.2. The Bertz CT molecular complexity index is 1280. The number of aromatic carboxylic acids is 1. The lowest BCUT2D eigenvalue weighted by Gasteiger charge is -2.13. The Hall–Kier alpha value is -4.54. The predicted molar refractivity (Wildman–Crippen MR) is 118 cm³/mol. The maximum Gasteiger partial charge on any atom is 0.335 e. The number of rotatable bonds is 7. The molecule has 1 heterocycles. The van der Waals surface area contributed by atoms with Crippen molar-refractivity contribution in [2.24, 2.45) is 5.10 Å². The van der Waals surface area contributed by atoms with Crippen LogP contribution in [-0.4, -0.2) is 31.7 Å². The molecule has 0 bridgehead atoms. The molecule has 0 aliphatic heterocycles. The summed E-state index contributed by atoms with van der Waals surface area (Å²) >= 11 is 0. The van der Waals surface area contributed by atoms with Crippen molar-refractivity contribution >= 4 is 29.2 Å². The lowest BCUT2D eigenvalue weighted by Crippen LogP contribution is -2.04. The van der Waals surface area contributed by atoms with Crippen LogP contribution in [0.25, 0.3) is 5.69 Å². The van der Waals surface area contributed by atoms with Crippen LogP contribution >= 0.6 is 0 Å². The lowest BCUT2D eigenvalue weighted by atomic mass is 10.1. The van der Waals surface area contributed by atoms with E-state index in [2.05, 4.69) is 10.5 Å². The minimum atomic E-state index is -1.00. The smallest absolute Gasteiger partial charge is 0.335 e. The molecule has 0 radical (unpaired) electrons. The molecule has 2 aromatic carbocycles. The molecule has 3 rings (SSSR count). The molecular formula is C21H19N5O6. The SMILES string of the molecule is Cc1cc(C(=O)O)ccc1-n1c(C)cc(/C=N\Nc2ccc([N+](=O)[O-])cc2[N+](=O)[O-])c1C. The first-order valence-electron chi connectivity index (χ1n) is 9.35. The number of non-ortho nitro benzene ring substituents is 1. The van der Waals surface area contributed by atoms with Gasteiger partial charge >= 0.3 is 11.7 Å². The zero-order chi connectivity index (χ0) is 23.6. The third kappa shape index (κ3) is 4.31. The monoisotopic (exact) mass is 437 g/mol. The van der Waals surface area contributed by atoms with Gasteiger partial charge in [0.25, 0.3) is 5.69 Å². The summed E-state index contributed by atoms with van der Waals surface area (Å²) in [6, 6.07) is 9.98. The minimum Gasteiger partial charge on any atom is -0.478 e. The van der Waals surface area contributed by atoms with Crippen LogP contribution in [0, 0.1) is 41.0 Å². The number of hydrogen-bond donors (Lipinski definition) is 2. The highest BCUT2D eigenvalue weighted by Gasteiger charge is 2.19. The highest BCUT2D eigenvalue weighted by Crippen LogP contribution is 2.29. The average molecular weight is 437 g/mol. The molecule has 0 atom stereocenters. The van der Waals surface area contributed by atoms with E-state index in [4.69, 9.17) is 5.11 Å². The topological polar surface area (TPSA) is 153 Å². The summed E-state index contributed by atoms with van der Waals surface area (Å²) in [6.07, 6.45) is 1.49. The van der Waals surface area contributed by atoms with Crippen molar-refractivity contribution in [2.75, 3.05) is 5.43 Å². The number of carboxylic acid groups (broad SMARTS) is 1. The maximum atomic E-state index is 11.2. The Kier molecular flexibility index (Phi) is 6.01. The number of nitro groups is 2. The molecule has 0 saturated carbocycles. The second-order valence-electron chi connectivity index (χ2n) is 7.05. The van der Waals surface area contributed by atoms with Gasteiger partial charge in [0.15, 0.2) is 0 Å². The molecule has 0 spiro atoms. The zero-order valence-electron chi connectivity index (χ0n) is 17.4. The van der Waals surface area contributed by atoms with Crippen LogP contribution < -0.4 is 5.43 Å². The summed E-state index contributed by atoms with van der Waals surface area (Å²) in [5.74, 6) is -1.00. The molecule has 1 aromatic heterocycles. The fourth-order valence-corrected chi connectivity index (χ4v) is 3.38. The van der Waals surface area contributed by atoms with E-state index < -0.39 is 21.5 Å². The molecular weight excluding hydrogens is 418 g/mol. The summed E-state index contributed by atoms with van der Waals surface area (Å²) in [5.41, 5.74) is 6.00. The summed E-state index contributed by atoms with van der Waals surface area (Å²) in [7, 11) is 0. The normalized spacial score (nSPS) is 11.0. The van der Waals surface area contributed by atoms with Gasteiger partial charge in [-0.05, 0) is 56.7 Å². The van der Waals surface area contributed by atoms with Crippen LogP contribution in [0.5, 0.6) is 0 Å². The van der Waals surface area contributed by atoms with Crippen molar-refractivity contribution in [1.82, 2.24) is 4.57 Å². The van der Waals surface area contributed by atoms with E-state index in [1.54, 1.807) is 12.1 Å². The van der Waals surface area contributed by atoms with Gasteiger partial charge in [0.05, 0.1) is 27.7 Å². The number of aryl methyl sites for hydroxylation is 2. The molecule has 32 heavy (non-hydrogen) atoms. The van der Waals surface area contributed by atoms with Gasteiger partial charge in [-0.2, -0.15) is 5.10 Å². The summed E-state index contributed by atoms with van der Waals surface area (Å²) in [4.78, 5) is 31.8. The van der Waals surface area contributed by atoms with E-state index in [0.29, 0.717) is 0 Å². The van der Waals surface area contributed by atoms with Crippen LogP contribution in [0.2, 0.25) is 0 Å². The van der Waals surface area contributed by atoms with E-state index in [-0.39, 0.29) is 16.9 Å². The minimum absolute atomic E-state index is 0.0192. The number of aromatic nitrogens is 1. The predicted octanol–water partition coefficient (Wildman–Crippen LogP) is 4.36. The fourth-order valence-electron chi connectivity index (χ4n) is 3.38. The van der Waals surface area contributed by atoms with Crippen molar-refractivity contribution in [1.29, 1.82) is 0 Å². The Morgan fingerprint density at radius 3 is 2.38 bits per heavy atom. The summed E-state index contributed by atoms with van der Waals surface area (Å²) in [6.45, 7) is 5.58. The summed E-state index contributed by atoms with van der Waals surface area (Å²) in [5, 5.41) is 35.3. The van der Waals surface area contributed by atoms with E-state index in [0.717, 1.165) is 40.3 Å². The van der Waals surface area contributed by atoms with E-state index in [1.807, 2.05) is 31.4 Å². The van der Waals surface area contributed by atoms with Crippen molar-refractivity contribution in [3.63, 3.8) is 0 Å². The first-order chi connectivity index (χ1) is 15.1. The van der Waals surface area contributed by atoms with Gasteiger partial charge in [-0.1, -0.05) is 0 Å². The number of carboxylic acids is 1. The highest BCUT2D eigenvalue weighted by molar-refractivity contribution is 5.88. The van der Waals surface area contributed by atoms with Gasteiger partial charge in [0.1, 0.15) is 5.69 Å². The van der Waals surface area contributed by atoms with Crippen molar-refractivity contribution < 1.29 is 19.7 Å². The second kappa shape index (κ2) is 8.68. The molecule has 0 aliphatic rings. The third-order valence-electron chi connectivity index (χ3n) is 4.93. The van der Waals surface area contributed by atoms with Gasteiger partial charge in [-0.15, -0.1) is 0 Å². The van der Waals surface area contributed by atoms with Gasteiger partial charge in [-0.3, -0.25) is 25.7 Å². The van der Waals surface area contributed by atoms with Crippen LogP contribution in [0.4, 0.5) is 17.1 Å². The first-order valence-corrected chi connectivity index (χ1v) is 9.35. The molecule has 0 fully saturated rings. The standard InChI is InChI=1S/C21H19N5O6/c1-12-8-15(21(27)28)4-7-19(12)24-13(2)9-16(14(24)3)11-22-23-18-6-5-17(25(29)30)10-20(18)26(31)32/h4-11,23H,1-3H3,(H,27,28)/b22-11-. The Balaban J connectivity index is 1.90. The number of anilines is 1. The van der Waals surface area contributed by atoms with Crippen LogP contribution in [0.15, 0.2) is 47.6 Å². The lowest BCUT2D eigenvalue weighted by molar-refractivity contribution is -0.393. The number of hydrazone groups is 1. The third-order valence-corrected chi connectivity index (χ3v) is 4.93. The number of nitrogens with one attached hydrogen (secondary N) is 1. The van der Waals surface area contributed by atoms with Crippen LogP contribution in [0.1, 0.15) is 32.9 Å². The average Bonchev–Trinajstić information content (AvgIpc) is 3.01. The second-order valence-corrected chi connectivity index (χ2v) is 7.05. The Morgan fingerprint density at radius 2 is 1.78 bits per heavy atom. The van der Waals surface area contributed by atoms with Gasteiger partial charge in [0, 0.05) is 28.7 Å². The summed E-state index contributed by atoms with van der Waals surface area (Å²) < 4.78 is 1.96. The van der Waals surface area contributed by atoms with Gasteiger partial charge in [-0.25, -0.2) is 4.79 Å². The van der Waals surface area contributed by atoms with E-state index in [9.17, 15) is 25.0 Å². The Labute approximate surface area is 181 Å². The largest absolute Gasteiger partial charge is 0.478 e. The van der Waals surface area contributed by atoms with Crippen molar-refractivity contribution in [3.05, 3.63) is 90.8 Å². The van der Waals surface area contributed by atoms with Gasteiger partial charge < -0.3 is 9.67 Å². The molecule has 2 N–H and O–H groups in total. The molecule has 0 unspecified atom stereocenters. The van der Waals surface area contributed by atoms with E-state index >= 15 is 0 Å². The number of benzene rings is 2. The number of carbonyl (C=O) groups is 1. The molecule has 0 amide bonds. The van der Waals surface area contributed by atoms with Crippen molar-refractivity contribution in [2.45, 2.75) is 20.8 Å². The van der Waals surface area contributed by atoms with Crippen molar-refractivity contribution in [3.8, 4) is 5.69 Å². The molecule has 11 nitrogen and oxygen atoms in total. The zero-order valence-corrected chi connectivity index (χ0v) is 17.4. The number of hydrogen-bond acceptors (Lipinski definition) is 7. The van der Waals surface area contributed by atoms with Gasteiger partial charge in [0.2, 0.25) is 0 Å². The Morgan fingerprint density at radius 1 is 1.06 bits per heavy atom. The number of nitrogens with zero attached hydrogens (tertiary/aromatic N) is 4. The molecule has 0 aliphatic carbocycles. The fraction of sp³-hybridized carbons (Fsp3) is 0.143.